The van der Waals surface area contributed by atoms with Crippen molar-refractivity contribution in [1.82, 2.24) is 9.55 Å². The summed E-state index contributed by atoms with van der Waals surface area (Å²) in [6.45, 7) is 1.78. The van der Waals surface area contributed by atoms with Gasteiger partial charge >= 0.3 is 0 Å². The molecule has 0 bridgehead atoms. The standard InChI is InChI=1S/C15H10Cl2N2O/c1-9-18-12-7-2-3-8-13(12)19(9)15(20)14-10(16)5-4-6-11(14)17/h2-8H,1H3. The first-order chi connectivity index (χ1) is 9.59. The van der Waals surface area contributed by atoms with E-state index in [1.807, 2.05) is 24.3 Å². The van der Waals surface area contributed by atoms with E-state index in [4.69, 9.17) is 23.2 Å². The molecule has 100 valence electrons. The Bertz CT molecular complexity index is 804. The number of fused-ring (bicyclic) bond motifs is 1. The van der Waals surface area contributed by atoms with Crippen LogP contribution >= 0.6 is 23.2 Å². The van der Waals surface area contributed by atoms with Crippen molar-refractivity contribution in [3.8, 4) is 0 Å². The number of hydrogen-bond donors (Lipinski definition) is 0. The molecule has 0 aliphatic carbocycles. The lowest BCUT2D eigenvalue weighted by molar-refractivity contribution is 0.0962. The molecule has 0 radical (unpaired) electrons. The molecule has 3 aromatic rings. The molecular formula is C15H10Cl2N2O. The molecule has 0 saturated heterocycles. The molecule has 2 aromatic carbocycles. The number of halogens is 2. The molecule has 3 nitrogen and oxygen atoms in total. The smallest absolute Gasteiger partial charge is 0.266 e. The Morgan fingerprint density at radius 2 is 1.70 bits per heavy atom. The zero-order chi connectivity index (χ0) is 14.3. The second-order valence-electron chi connectivity index (χ2n) is 4.38. The minimum absolute atomic E-state index is 0.271. The highest BCUT2D eigenvalue weighted by atomic mass is 35.5. The lowest BCUT2D eigenvalue weighted by Crippen LogP contribution is -2.14. The van der Waals surface area contributed by atoms with Gasteiger partial charge in [0.25, 0.3) is 5.91 Å². The third kappa shape index (κ3) is 1.99. The maximum absolute atomic E-state index is 12.7. The van der Waals surface area contributed by atoms with Crippen LogP contribution in [0.2, 0.25) is 10.0 Å². The van der Waals surface area contributed by atoms with Crippen molar-refractivity contribution in [2.75, 3.05) is 0 Å². The van der Waals surface area contributed by atoms with E-state index in [1.165, 1.54) is 4.57 Å². The lowest BCUT2D eigenvalue weighted by Gasteiger charge is -2.08. The number of carbonyl (C=O) groups excluding carboxylic acids is 1. The molecule has 0 aliphatic heterocycles. The highest BCUT2D eigenvalue weighted by molar-refractivity contribution is 6.40. The quantitative estimate of drug-likeness (QED) is 0.670. The third-order valence-electron chi connectivity index (χ3n) is 3.11. The van der Waals surface area contributed by atoms with Crippen LogP contribution in [-0.2, 0) is 0 Å². The fourth-order valence-electron chi connectivity index (χ4n) is 2.22. The number of aryl methyl sites for hydroxylation is 1. The number of imidazole rings is 1. The molecule has 0 amide bonds. The molecule has 1 aromatic heterocycles. The normalized spacial score (nSPS) is 10.9. The molecule has 0 saturated carbocycles. The van der Waals surface area contributed by atoms with Gasteiger partial charge in [-0.2, -0.15) is 0 Å². The second kappa shape index (κ2) is 4.93. The van der Waals surface area contributed by atoms with Crippen molar-refractivity contribution in [3.05, 3.63) is 63.9 Å². The van der Waals surface area contributed by atoms with Crippen molar-refractivity contribution in [2.24, 2.45) is 0 Å². The van der Waals surface area contributed by atoms with Crippen molar-refractivity contribution in [3.63, 3.8) is 0 Å². The number of benzene rings is 2. The SMILES string of the molecule is Cc1nc2ccccc2n1C(=O)c1c(Cl)cccc1Cl. The molecule has 0 N–H and O–H groups in total. The van der Waals surface area contributed by atoms with Crippen LogP contribution in [0.1, 0.15) is 16.2 Å². The van der Waals surface area contributed by atoms with E-state index in [0.717, 1.165) is 11.0 Å². The lowest BCUT2D eigenvalue weighted by atomic mass is 10.2. The van der Waals surface area contributed by atoms with Gasteiger partial charge in [0.05, 0.1) is 26.6 Å². The summed E-state index contributed by atoms with van der Waals surface area (Å²) in [5.74, 6) is 0.332. The summed E-state index contributed by atoms with van der Waals surface area (Å²) < 4.78 is 1.53. The van der Waals surface area contributed by atoms with Crippen molar-refractivity contribution in [1.29, 1.82) is 0 Å². The fraction of sp³-hybridized carbons (Fsp3) is 0.0667. The summed E-state index contributed by atoms with van der Waals surface area (Å²) in [5, 5.41) is 0.666. The zero-order valence-electron chi connectivity index (χ0n) is 10.6. The molecule has 1 heterocycles. The van der Waals surface area contributed by atoms with Crippen LogP contribution in [0.4, 0.5) is 0 Å². The van der Waals surface area contributed by atoms with Gasteiger partial charge in [0.15, 0.2) is 0 Å². The van der Waals surface area contributed by atoms with Gasteiger partial charge in [-0.1, -0.05) is 41.4 Å². The first-order valence-corrected chi connectivity index (χ1v) is 6.78. The maximum atomic E-state index is 12.7. The Morgan fingerprint density at radius 1 is 1.05 bits per heavy atom. The monoisotopic (exact) mass is 304 g/mol. The van der Waals surface area contributed by atoms with E-state index in [2.05, 4.69) is 4.98 Å². The molecule has 0 unspecified atom stereocenters. The van der Waals surface area contributed by atoms with Gasteiger partial charge in [0, 0.05) is 0 Å². The highest BCUT2D eigenvalue weighted by Gasteiger charge is 2.20. The van der Waals surface area contributed by atoms with Gasteiger partial charge in [0.2, 0.25) is 0 Å². The number of rotatable bonds is 1. The Hall–Kier alpha value is -1.84. The van der Waals surface area contributed by atoms with Gasteiger partial charge in [-0.25, -0.2) is 4.98 Å². The van der Waals surface area contributed by atoms with Crippen molar-refractivity contribution in [2.45, 2.75) is 6.92 Å². The van der Waals surface area contributed by atoms with Gasteiger partial charge in [-0.15, -0.1) is 0 Å². The molecule has 20 heavy (non-hydrogen) atoms. The van der Waals surface area contributed by atoms with Gasteiger partial charge in [-0.05, 0) is 31.2 Å². The van der Waals surface area contributed by atoms with Crippen LogP contribution < -0.4 is 0 Å². The van der Waals surface area contributed by atoms with E-state index >= 15 is 0 Å². The Kier molecular flexibility index (Phi) is 3.24. The summed E-state index contributed by atoms with van der Waals surface area (Å²) >= 11 is 12.2. The minimum Gasteiger partial charge on any atom is -0.268 e. The van der Waals surface area contributed by atoms with Crippen LogP contribution in [0, 0.1) is 6.92 Å². The molecule has 0 atom stereocenters. The first kappa shape index (κ1) is 13.2. The highest BCUT2D eigenvalue weighted by Crippen LogP contribution is 2.27. The predicted octanol–water partition coefficient (Wildman–Crippen LogP) is 4.34. The van der Waals surface area contributed by atoms with E-state index in [-0.39, 0.29) is 5.91 Å². The van der Waals surface area contributed by atoms with Crippen molar-refractivity contribution >= 4 is 40.1 Å². The number of aromatic nitrogens is 2. The van der Waals surface area contributed by atoms with E-state index in [1.54, 1.807) is 25.1 Å². The molecule has 0 fully saturated rings. The maximum Gasteiger partial charge on any atom is 0.266 e. The predicted molar refractivity (Wildman–Crippen MR) is 80.7 cm³/mol. The molecular weight excluding hydrogens is 295 g/mol. The van der Waals surface area contributed by atoms with E-state index in [0.29, 0.717) is 21.4 Å². The number of nitrogens with zero attached hydrogens (tertiary/aromatic N) is 2. The van der Waals surface area contributed by atoms with Crippen LogP contribution in [-0.4, -0.2) is 15.5 Å². The number of para-hydroxylation sites is 2. The largest absolute Gasteiger partial charge is 0.268 e. The Labute approximate surface area is 125 Å². The summed E-state index contributed by atoms with van der Waals surface area (Å²) in [6.07, 6.45) is 0. The topological polar surface area (TPSA) is 34.9 Å². The molecule has 0 spiro atoms. The first-order valence-electron chi connectivity index (χ1n) is 6.02. The summed E-state index contributed by atoms with van der Waals surface area (Å²) in [7, 11) is 0. The molecule has 0 aliphatic rings. The van der Waals surface area contributed by atoms with Gasteiger partial charge in [0.1, 0.15) is 5.82 Å². The van der Waals surface area contributed by atoms with Crippen LogP contribution in [0.25, 0.3) is 11.0 Å². The molecule has 3 rings (SSSR count). The average Bonchev–Trinajstić information content (AvgIpc) is 2.74. The summed E-state index contributed by atoms with van der Waals surface area (Å²) in [4.78, 5) is 17.1. The van der Waals surface area contributed by atoms with E-state index < -0.39 is 0 Å². The number of carbonyl (C=O) groups is 1. The summed E-state index contributed by atoms with van der Waals surface area (Å²) in [5.41, 5.74) is 1.80. The summed E-state index contributed by atoms with van der Waals surface area (Å²) in [6, 6.07) is 12.5. The number of hydrogen-bond acceptors (Lipinski definition) is 2. The minimum atomic E-state index is -0.271. The average molecular weight is 305 g/mol. The van der Waals surface area contributed by atoms with Crippen LogP contribution in [0.15, 0.2) is 42.5 Å². The van der Waals surface area contributed by atoms with Gasteiger partial charge < -0.3 is 0 Å². The Balaban J connectivity index is 2.26. The van der Waals surface area contributed by atoms with Gasteiger partial charge in [-0.3, -0.25) is 9.36 Å². The van der Waals surface area contributed by atoms with Crippen LogP contribution in [0.5, 0.6) is 0 Å². The fourth-order valence-corrected chi connectivity index (χ4v) is 2.78. The van der Waals surface area contributed by atoms with Crippen LogP contribution in [0.3, 0.4) is 0 Å². The third-order valence-corrected chi connectivity index (χ3v) is 3.74. The molecule has 5 heteroatoms. The van der Waals surface area contributed by atoms with E-state index in [9.17, 15) is 4.79 Å². The Morgan fingerprint density at radius 3 is 2.40 bits per heavy atom. The zero-order valence-corrected chi connectivity index (χ0v) is 12.1. The van der Waals surface area contributed by atoms with Crippen molar-refractivity contribution < 1.29 is 4.79 Å². The second-order valence-corrected chi connectivity index (χ2v) is 5.20.